The van der Waals surface area contributed by atoms with Gasteiger partial charge in [-0.3, -0.25) is 4.79 Å². The van der Waals surface area contributed by atoms with E-state index in [1.54, 1.807) is 13.8 Å². The van der Waals surface area contributed by atoms with Crippen LogP contribution < -0.4 is 5.56 Å². The number of nitriles is 1. The van der Waals surface area contributed by atoms with Crippen molar-refractivity contribution in [2.45, 2.75) is 20.4 Å². The number of aryl methyl sites for hydroxylation is 1. The summed E-state index contributed by atoms with van der Waals surface area (Å²) >= 11 is 3.43. The molecular weight excluding hydrogens is 374 g/mol. The number of rotatable bonds is 3. The van der Waals surface area contributed by atoms with E-state index in [9.17, 15) is 4.79 Å². The Balaban J connectivity index is 1.97. The Morgan fingerprint density at radius 1 is 1.29 bits per heavy atom. The van der Waals surface area contributed by atoms with Gasteiger partial charge in [0.05, 0.1) is 11.3 Å². The molecule has 0 radical (unpaired) electrons. The monoisotopic (exact) mass is 385 g/mol. The van der Waals surface area contributed by atoms with Gasteiger partial charge in [-0.15, -0.1) is 10.2 Å². The molecule has 0 saturated heterocycles. The summed E-state index contributed by atoms with van der Waals surface area (Å²) in [5.74, 6) is 0.581. The van der Waals surface area contributed by atoms with Crippen LogP contribution in [0.25, 0.3) is 11.5 Å². The summed E-state index contributed by atoms with van der Waals surface area (Å²) in [7, 11) is 0. The second-order valence-corrected chi connectivity index (χ2v) is 6.00. The molecule has 7 nitrogen and oxygen atoms in total. The Morgan fingerprint density at radius 3 is 2.75 bits per heavy atom. The maximum atomic E-state index is 12.3. The average molecular weight is 386 g/mol. The molecule has 2 aromatic heterocycles. The van der Waals surface area contributed by atoms with Gasteiger partial charge in [0.1, 0.15) is 18.2 Å². The van der Waals surface area contributed by atoms with Gasteiger partial charge in [-0.25, -0.2) is 4.68 Å². The Hall–Kier alpha value is -2.79. The number of benzene rings is 1. The SMILES string of the molecule is Cc1nn(Cc2nnc(-c3ccccc3Br)o2)c(=O)c(C#N)c1C. The first-order valence-corrected chi connectivity index (χ1v) is 7.86. The minimum atomic E-state index is -0.471. The molecule has 3 aromatic rings. The molecule has 1 aromatic carbocycles. The lowest BCUT2D eigenvalue weighted by molar-refractivity contribution is 0.462. The molecule has 0 amide bonds. The Morgan fingerprint density at radius 2 is 2.04 bits per heavy atom. The summed E-state index contributed by atoms with van der Waals surface area (Å²) in [6, 6.07) is 9.38. The molecule has 0 atom stereocenters. The van der Waals surface area contributed by atoms with E-state index in [0.29, 0.717) is 17.1 Å². The summed E-state index contributed by atoms with van der Waals surface area (Å²) in [4.78, 5) is 12.3. The van der Waals surface area contributed by atoms with Crippen LogP contribution in [-0.4, -0.2) is 20.0 Å². The third kappa shape index (κ3) is 2.86. The first kappa shape index (κ1) is 16.1. The van der Waals surface area contributed by atoms with Crippen molar-refractivity contribution in [1.29, 1.82) is 5.26 Å². The molecule has 8 heteroatoms. The smallest absolute Gasteiger partial charge is 0.285 e. The average Bonchev–Trinajstić information content (AvgIpc) is 3.02. The van der Waals surface area contributed by atoms with E-state index in [1.165, 1.54) is 0 Å². The maximum absolute atomic E-state index is 12.3. The molecular formula is C16H12BrN5O2. The van der Waals surface area contributed by atoms with Crippen molar-refractivity contribution in [2.24, 2.45) is 0 Å². The van der Waals surface area contributed by atoms with Crippen LogP contribution in [0.3, 0.4) is 0 Å². The van der Waals surface area contributed by atoms with Crippen LogP contribution in [0.1, 0.15) is 22.7 Å². The van der Waals surface area contributed by atoms with Crippen molar-refractivity contribution >= 4 is 15.9 Å². The topological polar surface area (TPSA) is 97.6 Å². The quantitative estimate of drug-likeness (QED) is 0.686. The minimum Gasteiger partial charge on any atom is -0.419 e. The van der Waals surface area contributed by atoms with Crippen LogP contribution >= 0.6 is 15.9 Å². The predicted molar refractivity (Wildman–Crippen MR) is 89.2 cm³/mol. The summed E-state index contributed by atoms with van der Waals surface area (Å²) in [5.41, 5.74) is 1.55. The summed E-state index contributed by atoms with van der Waals surface area (Å²) in [6.45, 7) is 3.45. The highest BCUT2D eigenvalue weighted by Crippen LogP contribution is 2.26. The molecule has 120 valence electrons. The fourth-order valence-electron chi connectivity index (χ4n) is 2.20. The fourth-order valence-corrected chi connectivity index (χ4v) is 2.65. The fraction of sp³-hybridized carbons (Fsp3) is 0.188. The van der Waals surface area contributed by atoms with Gasteiger partial charge in [-0.1, -0.05) is 12.1 Å². The van der Waals surface area contributed by atoms with Crippen molar-refractivity contribution in [1.82, 2.24) is 20.0 Å². The zero-order chi connectivity index (χ0) is 17.3. The molecule has 0 aliphatic carbocycles. The largest absolute Gasteiger partial charge is 0.419 e. The van der Waals surface area contributed by atoms with Gasteiger partial charge < -0.3 is 4.42 Å². The van der Waals surface area contributed by atoms with Gasteiger partial charge >= 0.3 is 0 Å². The van der Waals surface area contributed by atoms with Crippen LogP contribution in [0.15, 0.2) is 37.9 Å². The molecule has 0 spiro atoms. The highest BCUT2D eigenvalue weighted by molar-refractivity contribution is 9.10. The van der Waals surface area contributed by atoms with E-state index in [1.807, 2.05) is 30.3 Å². The molecule has 0 aliphatic rings. The Bertz CT molecular complexity index is 1020. The number of hydrogen-bond donors (Lipinski definition) is 0. The third-order valence-electron chi connectivity index (χ3n) is 3.60. The van der Waals surface area contributed by atoms with Crippen LogP contribution in [-0.2, 0) is 6.54 Å². The normalized spacial score (nSPS) is 10.6. The van der Waals surface area contributed by atoms with Crippen molar-refractivity contribution in [3.8, 4) is 17.5 Å². The second-order valence-electron chi connectivity index (χ2n) is 5.14. The van der Waals surface area contributed by atoms with Crippen LogP contribution in [0, 0.1) is 25.2 Å². The van der Waals surface area contributed by atoms with E-state index in [0.717, 1.165) is 14.7 Å². The molecule has 0 unspecified atom stereocenters. The van der Waals surface area contributed by atoms with Gasteiger partial charge in [0.15, 0.2) is 0 Å². The predicted octanol–water partition coefficient (Wildman–Crippen LogP) is 2.59. The van der Waals surface area contributed by atoms with E-state index in [2.05, 4.69) is 31.2 Å². The van der Waals surface area contributed by atoms with Crippen LogP contribution in [0.4, 0.5) is 0 Å². The highest BCUT2D eigenvalue weighted by atomic mass is 79.9. The molecule has 3 rings (SSSR count). The zero-order valence-electron chi connectivity index (χ0n) is 12.9. The molecule has 24 heavy (non-hydrogen) atoms. The number of halogens is 1. The Kier molecular flexibility index (Phi) is 4.27. The Labute approximate surface area is 145 Å². The van der Waals surface area contributed by atoms with Crippen molar-refractivity contribution in [2.75, 3.05) is 0 Å². The first-order valence-electron chi connectivity index (χ1n) is 7.07. The van der Waals surface area contributed by atoms with Crippen molar-refractivity contribution in [3.63, 3.8) is 0 Å². The van der Waals surface area contributed by atoms with E-state index in [4.69, 9.17) is 9.68 Å². The van der Waals surface area contributed by atoms with Gasteiger partial charge in [0, 0.05) is 4.47 Å². The van der Waals surface area contributed by atoms with Gasteiger partial charge in [0.25, 0.3) is 5.56 Å². The summed E-state index contributed by atoms with van der Waals surface area (Å²) in [5, 5.41) is 21.3. The molecule has 0 bridgehead atoms. The van der Waals surface area contributed by atoms with Gasteiger partial charge in [-0.05, 0) is 47.5 Å². The molecule has 0 aliphatic heterocycles. The van der Waals surface area contributed by atoms with E-state index in [-0.39, 0.29) is 18.0 Å². The second kappa shape index (κ2) is 6.37. The van der Waals surface area contributed by atoms with Crippen LogP contribution in [0.2, 0.25) is 0 Å². The first-order chi connectivity index (χ1) is 11.5. The van der Waals surface area contributed by atoms with E-state index >= 15 is 0 Å². The van der Waals surface area contributed by atoms with Crippen LogP contribution in [0.5, 0.6) is 0 Å². The lowest BCUT2D eigenvalue weighted by Gasteiger charge is -2.06. The molecule has 0 saturated carbocycles. The molecule has 2 heterocycles. The third-order valence-corrected chi connectivity index (χ3v) is 4.30. The maximum Gasteiger partial charge on any atom is 0.285 e. The number of aromatic nitrogens is 4. The van der Waals surface area contributed by atoms with Crippen molar-refractivity contribution in [3.05, 3.63) is 61.8 Å². The van der Waals surface area contributed by atoms with Gasteiger partial charge in [-0.2, -0.15) is 10.4 Å². The summed E-state index contributed by atoms with van der Waals surface area (Å²) in [6.07, 6.45) is 0. The lowest BCUT2D eigenvalue weighted by atomic mass is 10.1. The standard InChI is InChI=1S/C16H12BrN5O2/c1-9-10(2)21-22(16(23)12(9)7-18)8-14-19-20-15(24-14)11-5-3-4-6-13(11)17/h3-6H,8H2,1-2H3. The molecule has 0 fully saturated rings. The number of hydrogen-bond acceptors (Lipinski definition) is 6. The number of nitrogens with zero attached hydrogens (tertiary/aromatic N) is 5. The molecule has 0 N–H and O–H groups in total. The zero-order valence-corrected chi connectivity index (χ0v) is 14.5. The highest BCUT2D eigenvalue weighted by Gasteiger charge is 2.15. The van der Waals surface area contributed by atoms with Crippen molar-refractivity contribution < 1.29 is 4.42 Å². The summed E-state index contributed by atoms with van der Waals surface area (Å²) < 4.78 is 7.61. The van der Waals surface area contributed by atoms with Gasteiger partial charge in [0.2, 0.25) is 11.8 Å². The minimum absolute atomic E-state index is 0.00604. The van der Waals surface area contributed by atoms with E-state index < -0.39 is 5.56 Å². The lowest BCUT2D eigenvalue weighted by Crippen LogP contribution is -2.28.